The number of morpholine rings is 1. The first-order chi connectivity index (χ1) is 11.1. The van der Waals surface area contributed by atoms with Crippen molar-refractivity contribution in [3.8, 4) is 5.75 Å². The number of ether oxygens (including phenoxy) is 2. The first-order valence-corrected chi connectivity index (χ1v) is 8.29. The summed E-state index contributed by atoms with van der Waals surface area (Å²) in [7, 11) is 1.73. The standard InChI is InChI=1S/C19H26N2O2/c1-13-11-21(12-14(2)23-13)17(10-20)19-16-7-5-4-6-15(16)8-9-18(19)22-3/h4-9,13-14,17H,10-12,20H2,1-3H3/t13-,14-,17+/m1/s1. The average Bonchev–Trinajstić information content (AvgIpc) is 2.55. The Kier molecular flexibility index (Phi) is 4.85. The smallest absolute Gasteiger partial charge is 0.124 e. The number of benzene rings is 2. The van der Waals surface area contributed by atoms with Crippen LogP contribution < -0.4 is 10.5 Å². The highest BCUT2D eigenvalue weighted by molar-refractivity contribution is 5.88. The molecule has 3 rings (SSSR count). The molecule has 23 heavy (non-hydrogen) atoms. The summed E-state index contributed by atoms with van der Waals surface area (Å²) >= 11 is 0. The number of rotatable bonds is 4. The number of hydrogen-bond acceptors (Lipinski definition) is 4. The van der Waals surface area contributed by atoms with E-state index in [0.717, 1.165) is 18.8 Å². The van der Waals surface area contributed by atoms with Gasteiger partial charge in [0, 0.05) is 25.2 Å². The van der Waals surface area contributed by atoms with E-state index in [0.29, 0.717) is 6.54 Å². The van der Waals surface area contributed by atoms with Crippen LogP contribution in [-0.2, 0) is 4.74 Å². The third-order valence-electron chi connectivity index (χ3n) is 4.60. The lowest BCUT2D eigenvalue weighted by molar-refractivity contribution is -0.0799. The Bertz CT molecular complexity index is 663. The fraction of sp³-hybridized carbons (Fsp3) is 0.474. The minimum absolute atomic E-state index is 0.129. The van der Waals surface area contributed by atoms with Crippen molar-refractivity contribution >= 4 is 10.8 Å². The molecule has 0 amide bonds. The second-order valence-corrected chi connectivity index (χ2v) is 6.37. The van der Waals surface area contributed by atoms with Crippen LogP contribution in [0.5, 0.6) is 5.75 Å². The van der Waals surface area contributed by atoms with E-state index in [1.54, 1.807) is 7.11 Å². The highest BCUT2D eigenvalue weighted by Gasteiger charge is 2.30. The van der Waals surface area contributed by atoms with Gasteiger partial charge in [-0.25, -0.2) is 0 Å². The van der Waals surface area contributed by atoms with Crippen LogP contribution in [-0.4, -0.2) is 43.9 Å². The lowest BCUT2D eigenvalue weighted by Gasteiger charge is -2.40. The van der Waals surface area contributed by atoms with Gasteiger partial charge >= 0.3 is 0 Å². The molecule has 2 N–H and O–H groups in total. The summed E-state index contributed by atoms with van der Waals surface area (Å²) in [4.78, 5) is 2.43. The Labute approximate surface area is 138 Å². The van der Waals surface area contributed by atoms with Gasteiger partial charge < -0.3 is 15.2 Å². The third-order valence-corrected chi connectivity index (χ3v) is 4.60. The number of hydrogen-bond donors (Lipinski definition) is 1. The summed E-state index contributed by atoms with van der Waals surface area (Å²) in [5, 5.41) is 2.44. The highest BCUT2D eigenvalue weighted by atomic mass is 16.5. The van der Waals surface area contributed by atoms with Gasteiger partial charge in [0.1, 0.15) is 5.75 Å². The largest absolute Gasteiger partial charge is 0.496 e. The second kappa shape index (κ2) is 6.87. The van der Waals surface area contributed by atoms with Crippen molar-refractivity contribution < 1.29 is 9.47 Å². The zero-order chi connectivity index (χ0) is 16.4. The molecule has 1 saturated heterocycles. The second-order valence-electron chi connectivity index (χ2n) is 6.37. The monoisotopic (exact) mass is 314 g/mol. The van der Waals surface area contributed by atoms with E-state index >= 15 is 0 Å². The van der Waals surface area contributed by atoms with E-state index in [1.807, 2.05) is 6.07 Å². The molecule has 4 heteroatoms. The highest BCUT2D eigenvalue weighted by Crippen LogP contribution is 2.36. The summed E-state index contributed by atoms with van der Waals surface area (Å²) in [6.45, 7) is 6.58. The molecule has 0 spiro atoms. The van der Waals surface area contributed by atoms with Crippen LogP contribution in [0.4, 0.5) is 0 Å². The average molecular weight is 314 g/mol. The predicted octanol–water partition coefficient (Wildman–Crippen LogP) is 2.96. The maximum atomic E-state index is 6.20. The Balaban J connectivity index is 2.08. The van der Waals surface area contributed by atoms with Crippen LogP contribution in [0.3, 0.4) is 0 Å². The third kappa shape index (κ3) is 3.20. The fourth-order valence-electron chi connectivity index (χ4n) is 3.72. The van der Waals surface area contributed by atoms with Crippen molar-refractivity contribution in [1.29, 1.82) is 0 Å². The summed E-state index contributed by atoms with van der Waals surface area (Å²) < 4.78 is 11.5. The first kappa shape index (κ1) is 16.2. The van der Waals surface area contributed by atoms with Crippen LogP contribution in [0.15, 0.2) is 36.4 Å². The Morgan fingerprint density at radius 1 is 1.17 bits per heavy atom. The van der Waals surface area contributed by atoms with Crippen LogP contribution in [0.2, 0.25) is 0 Å². The van der Waals surface area contributed by atoms with Crippen molar-refractivity contribution in [3.63, 3.8) is 0 Å². The van der Waals surface area contributed by atoms with Crippen molar-refractivity contribution in [2.75, 3.05) is 26.7 Å². The minimum atomic E-state index is 0.129. The maximum absolute atomic E-state index is 6.20. The van der Waals surface area contributed by atoms with E-state index in [4.69, 9.17) is 15.2 Å². The lowest BCUT2D eigenvalue weighted by Crippen LogP contribution is -2.48. The molecule has 1 aliphatic rings. The topological polar surface area (TPSA) is 47.7 Å². The van der Waals surface area contributed by atoms with Gasteiger partial charge in [-0.3, -0.25) is 4.90 Å². The number of methoxy groups -OCH3 is 1. The Morgan fingerprint density at radius 2 is 1.87 bits per heavy atom. The molecule has 2 aromatic rings. The fourth-order valence-corrected chi connectivity index (χ4v) is 3.72. The van der Waals surface area contributed by atoms with Crippen LogP contribution in [0.25, 0.3) is 10.8 Å². The Hall–Kier alpha value is -1.62. The van der Waals surface area contributed by atoms with E-state index < -0.39 is 0 Å². The summed E-state index contributed by atoms with van der Waals surface area (Å²) in [6, 6.07) is 12.7. The molecule has 1 aliphatic heterocycles. The molecule has 0 unspecified atom stereocenters. The first-order valence-electron chi connectivity index (χ1n) is 8.29. The molecule has 0 aromatic heterocycles. The molecule has 3 atom stereocenters. The molecule has 0 aliphatic carbocycles. The summed E-state index contributed by atoms with van der Waals surface area (Å²) in [5.41, 5.74) is 7.39. The lowest BCUT2D eigenvalue weighted by atomic mass is 9.95. The van der Waals surface area contributed by atoms with Gasteiger partial charge in [-0.15, -0.1) is 0 Å². The number of fused-ring (bicyclic) bond motifs is 1. The van der Waals surface area contributed by atoms with Gasteiger partial charge in [-0.05, 0) is 30.7 Å². The van der Waals surface area contributed by atoms with Crippen LogP contribution in [0, 0.1) is 0 Å². The number of nitrogens with two attached hydrogens (primary N) is 1. The van der Waals surface area contributed by atoms with E-state index in [-0.39, 0.29) is 18.2 Å². The molecular formula is C19H26N2O2. The van der Waals surface area contributed by atoms with Crippen LogP contribution in [0.1, 0.15) is 25.5 Å². The predicted molar refractivity (Wildman–Crippen MR) is 93.9 cm³/mol. The summed E-state index contributed by atoms with van der Waals surface area (Å²) in [5.74, 6) is 0.908. The van der Waals surface area contributed by atoms with Gasteiger partial charge in [0.15, 0.2) is 0 Å². The van der Waals surface area contributed by atoms with Crippen molar-refractivity contribution in [2.24, 2.45) is 5.73 Å². The van der Waals surface area contributed by atoms with Crippen molar-refractivity contribution in [1.82, 2.24) is 4.90 Å². The molecule has 1 fully saturated rings. The van der Waals surface area contributed by atoms with E-state index in [1.165, 1.54) is 16.3 Å². The maximum Gasteiger partial charge on any atom is 0.124 e. The van der Waals surface area contributed by atoms with Gasteiger partial charge in [-0.2, -0.15) is 0 Å². The zero-order valence-electron chi connectivity index (χ0n) is 14.2. The molecule has 0 bridgehead atoms. The zero-order valence-corrected chi connectivity index (χ0v) is 14.2. The Morgan fingerprint density at radius 3 is 2.52 bits per heavy atom. The van der Waals surface area contributed by atoms with E-state index in [9.17, 15) is 0 Å². The van der Waals surface area contributed by atoms with Gasteiger partial charge in [0.05, 0.1) is 25.4 Å². The molecule has 124 valence electrons. The molecule has 2 aromatic carbocycles. The SMILES string of the molecule is COc1ccc2ccccc2c1[C@H](CN)N1C[C@@H](C)O[C@H](C)C1. The van der Waals surface area contributed by atoms with Gasteiger partial charge in [0.25, 0.3) is 0 Å². The molecular weight excluding hydrogens is 288 g/mol. The van der Waals surface area contributed by atoms with Gasteiger partial charge in [0.2, 0.25) is 0 Å². The van der Waals surface area contributed by atoms with Crippen molar-refractivity contribution in [2.45, 2.75) is 32.1 Å². The minimum Gasteiger partial charge on any atom is -0.496 e. The molecule has 0 radical (unpaired) electrons. The molecule has 1 heterocycles. The summed E-state index contributed by atoms with van der Waals surface area (Å²) in [6.07, 6.45) is 0.433. The normalized spacial score (nSPS) is 23.8. The van der Waals surface area contributed by atoms with Crippen LogP contribution >= 0.6 is 0 Å². The van der Waals surface area contributed by atoms with Gasteiger partial charge in [-0.1, -0.05) is 30.3 Å². The van der Waals surface area contributed by atoms with E-state index in [2.05, 4.69) is 49.1 Å². The molecule has 0 saturated carbocycles. The quantitative estimate of drug-likeness (QED) is 0.942. The van der Waals surface area contributed by atoms with Crippen molar-refractivity contribution in [3.05, 3.63) is 42.0 Å². The molecule has 4 nitrogen and oxygen atoms in total. The number of nitrogens with zero attached hydrogens (tertiary/aromatic N) is 1.